The zero-order chi connectivity index (χ0) is 28.7. The molecule has 1 N–H and O–H groups in total. The predicted octanol–water partition coefficient (Wildman–Crippen LogP) is 3.56. The van der Waals surface area contributed by atoms with Crippen LogP contribution in [0.2, 0.25) is 0 Å². The van der Waals surface area contributed by atoms with Crippen molar-refractivity contribution in [2.24, 2.45) is 0 Å². The van der Waals surface area contributed by atoms with Crippen LogP contribution in [-0.4, -0.2) is 71.5 Å². The smallest absolute Gasteiger partial charge is 0.427 e. The summed E-state index contributed by atoms with van der Waals surface area (Å²) >= 11 is 0. The van der Waals surface area contributed by atoms with Gasteiger partial charge in [0.1, 0.15) is 17.7 Å². The Morgan fingerprint density at radius 3 is 2.29 bits per heavy atom. The number of alkyl halides is 3. The van der Waals surface area contributed by atoms with E-state index in [0.717, 1.165) is 45.2 Å². The number of amides is 1. The second kappa shape index (κ2) is 10.2. The van der Waals surface area contributed by atoms with E-state index in [4.69, 9.17) is 4.74 Å². The Bertz CT molecular complexity index is 1410. The molecular formula is C22H25F4N3O7S2. The molecule has 0 saturated carbocycles. The summed E-state index contributed by atoms with van der Waals surface area (Å²) in [7, 11) is -6.71. The number of fused-ring (bicyclic) bond motifs is 1. The summed E-state index contributed by atoms with van der Waals surface area (Å²) in [5.41, 5.74) is -3.01. The average molecular weight is 584 g/mol. The first kappa shape index (κ1) is 29.4. The van der Waals surface area contributed by atoms with Gasteiger partial charge in [-0.3, -0.25) is 9.62 Å². The fourth-order valence-electron chi connectivity index (χ4n) is 3.30. The van der Waals surface area contributed by atoms with Crippen molar-refractivity contribution in [2.75, 3.05) is 36.0 Å². The van der Waals surface area contributed by atoms with E-state index in [9.17, 15) is 39.2 Å². The molecule has 0 saturated heterocycles. The van der Waals surface area contributed by atoms with Crippen LogP contribution < -0.4 is 14.4 Å². The number of carbonyl (C=O) groups excluding carboxylic acids is 1. The molecule has 0 radical (unpaired) electrons. The first-order valence-corrected chi connectivity index (χ1v) is 14.2. The molecule has 210 valence electrons. The third kappa shape index (κ3) is 6.47. The largest absolute Gasteiger partial charge is 0.485 e. The maximum Gasteiger partial charge on any atom is 0.427 e. The maximum absolute atomic E-state index is 13.5. The Kier molecular flexibility index (Phi) is 7.92. The quantitative estimate of drug-likeness (QED) is 0.495. The number of nitrogens with one attached hydrogen (secondary N) is 1. The number of nitrogens with zero attached hydrogens (tertiary/aromatic N) is 2. The normalized spacial score (nSPS) is 16.6. The molecule has 1 heterocycles. The van der Waals surface area contributed by atoms with Crippen LogP contribution in [0.15, 0.2) is 47.4 Å². The maximum atomic E-state index is 13.5. The third-order valence-electron chi connectivity index (χ3n) is 5.60. The fourth-order valence-corrected chi connectivity index (χ4v) is 5.24. The SMILES string of the molecule is CN(CC1CN(S(=O)(=O)c2ccc(F)cc2)c2cc(NC(=O)OC(C)(C)C(F)(F)F)ccc2O1)S(C)(=O)=O. The second-order valence-corrected chi connectivity index (χ2v) is 12.9. The Morgan fingerprint density at radius 2 is 1.74 bits per heavy atom. The van der Waals surface area contributed by atoms with Crippen molar-refractivity contribution in [2.45, 2.75) is 36.6 Å². The van der Waals surface area contributed by atoms with Gasteiger partial charge >= 0.3 is 12.3 Å². The van der Waals surface area contributed by atoms with Crippen molar-refractivity contribution in [1.29, 1.82) is 0 Å². The van der Waals surface area contributed by atoms with Crippen LogP contribution in [0.1, 0.15) is 13.8 Å². The van der Waals surface area contributed by atoms with E-state index in [1.165, 1.54) is 19.2 Å². The summed E-state index contributed by atoms with van der Waals surface area (Å²) in [5, 5.41) is 2.13. The lowest BCUT2D eigenvalue weighted by Crippen LogP contribution is -2.48. The van der Waals surface area contributed by atoms with Crippen molar-refractivity contribution in [3.8, 4) is 5.75 Å². The first-order chi connectivity index (χ1) is 17.3. The molecule has 3 rings (SSSR count). The molecule has 10 nitrogen and oxygen atoms in total. The predicted molar refractivity (Wildman–Crippen MR) is 130 cm³/mol. The van der Waals surface area contributed by atoms with Crippen LogP contribution in [0.25, 0.3) is 0 Å². The Balaban J connectivity index is 1.98. The average Bonchev–Trinajstić information content (AvgIpc) is 2.77. The zero-order valence-corrected chi connectivity index (χ0v) is 22.2. The molecule has 1 aliphatic rings. The second-order valence-electron chi connectivity index (χ2n) is 8.98. The number of halogens is 4. The Hall–Kier alpha value is -3.11. The van der Waals surface area contributed by atoms with Gasteiger partial charge in [-0.2, -0.15) is 13.2 Å². The molecule has 0 spiro atoms. The molecule has 1 aliphatic heterocycles. The van der Waals surface area contributed by atoms with Gasteiger partial charge in [-0.1, -0.05) is 0 Å². The Morgan fingerprint density at radius 1 is 1.13 bits per heavy atom. The van der Waals surface area contributed by atoms with Crippen molar-refractivity contribution in [3.05, 3.63) is 48.3 Å². The van der Waals surface area contributed by atoms with Crippen LogP contribution in [-0.2, 0) is 24.8 Å². The highest BCUT2D eigenvalue weighted by atomic mass is 32.2. The van der Waals surface area contributed by atoms with Crippen molar-refractivity contribution < 1.29 is 48.7 Å². The van der Waals surface area contributed by atoms with Gasteiger partial charge in [0.05, 0.1) is 29.9 Å². The number of carbonyl (C=O) groups is 1. The summed E-state index contributed by atoms with van der Waals surface area (Å²) in [6, 6.07) is 7.62. The van der Waals surface area contributed by atoms with Gasteiger partial charge in [-0.05, 0) is 56.3 Å². The summed E-state index contributed by atoms with van der Waals surface area (Å²) in [6.07, 6.45) is -6.28. The minimum absolute atomic E-state index is 0.0108. The fraction of sp³-hybridized carbons (Fsp3) is 0.409. The number of benzene rings is 2. The van der Waals surface area contributed by atoms with Gasteiger partial charge < -0.3 is 9.47 Å². The van der Waals surface area contributed by atoms with Crippen molar-refractivity contribution in [3.63, 3.8) is 0 Å². The van der Waals surface area contributed by atoms with E-state index in [0.29, 0.717) is 13.8 Å². The first-order valence-electron chi connectivity index (χ1n) is 10.9. The van der Waals surface area contributed by atoms with Crippen LogP contribution >= 0.6 is 0 Å². The summed E-state index contributed by atoms with van der Waals surface area (Å²) < 4.78 is 116. The van der Waals surface area contributed by atoms with Crippen molar-refractivity contribution in [1.82, 2.24) is 4.31 Å². The molecule has 1 atom stereocenters. The number of anilines is 2. The number of ether oxygens (including phenoxy) is 2. The van der Waals surface area contributed by atoms with Gasteiger partial charge in [0.2, 0.25) is 15.6 Å². The minimum atomic E-state index is -4.85. The molecule has 0 bridgehead atoms. The molecule has 16 heteroatoms. The molecule has 0 aromatic heterocycles. The lowest BCUT2D eigenvalue weighted by atomic mass is 10.1. The van der Waals surface area contributed by atoms with Gasteiger partial charge in [0.25, 0.3) is 10.0 Å². The number of hydrogen-bond acceptors (Lipinski definition) is 7. The summed E-state index contributed by atoms with van der Waals surface area (Å²) in [4.78, 5) is 11.9. The number of likely N-dealkylation sites (N-methyl/N-ethyl adjacent to an activating group) is 1. The molecule has 0 aliphatic carbocycles. The topological polar surface area (TPSA) is 122 Å². The number of hydrogen-bond donors (Lipinski definition) is 1. The molecule has 0 fully saturated rings. The molecule has 2 aromatic rings. The van der Waals surface area contributed by atoms with Gasteiger partial charge in [0, 0.05) is 12.7 Å². The van der Waals surface area contributed by atoms with Gasteiger partial charge in [0.15, 0.2) is 0 Å². The van der Waals surface area contributed by atoms with Crippen molar-refractivity contribution >= 4 is 37.5 Å². The van der Waals surface area contributed by atoms with E-state index >= 15 is 0 Å². The third-order valence-corrected chi connectivity index (χ3v) is 8.67. The highest BCUT2D eigenvalue weighted by Gasteiger charge is 2.51. The van der Waals surface area contributed by atoms with Gasteiger partial charge in [-0.15, -0.1) is 0 Å². The molecular weight excluding hydrogens is 558 g/mol. The van der Waals surface area contributed by atoms with Crippen LogP contribution in [0.5, 0.6) is 5.75 Å². The van der Waals surface area contributed by atoms with Gasteiger partial charge in [-0.25, -0.2) is 30.3 Å². The van der Waals surface area contributed by atoms with E-state index in [1.807, 2.05) is 0 Å². The standard InChI is InChI=1S/C22H25F4N3O7S2/c1-21(2,22(24,25)26)36-20(30)27-15-7-10-19-18(11-15)29(13-16(35-19)12-28(3)37(4,31)32)38(33,34)17-8-5-14(23)6-9-17/h5-11,16H,12-13H2,1-4H3,(H,27,30). The monoisotopic (exact) mass is 583 g/mol. The number of rotatable bonds is 7. The lowest BCUT2D eigenvalue weighted by Gasteiger charge is -2.36. The molecule has 38 heavy (non-hydrogen) atoms. The van der Waals surface area contributed by atoms with E-state index in [1.54, 1.807) is 0 Å². The van der Waals surface area contributed by atoms with E-state index in [-0.39, 0.29) is 35.1 Å². The molecule has 1 unspecified atom stereocenters. The summed E-state index contributed by atoms with van der Waals surface area (Å²) in [6.45, 7) is 0.740. The molecule has 2 aromatic carbocycles. The highest BCUT2D eigenvalue weighted by Crippen LogP contribution is 2.39. The van der Waals surface area contributed by atoms with Crippen LogP contribution in [0.4, 0.5) is 33.7 Å². The van der Waals surface area contributed by atoms with Crippen LogP contribution in [0, 0.1) is 5.82 Å². The lowest BCUT2D eigenvalue weighted by molar-refractivity contribution is -0.242. The molecule has 1 amide bonds. The summed E-state index contributed by atoms with van der Waals surface area (Å²) in [5.74, 6) is -0.686. The van der Waals surface area contributed by atoms with E-state index in [2.05, 4.69) is 10.1 Å². The zero-order valence-electron chi connectivity index (χ0n) is 20.6. The Labute approximate surface area is 217 Å². The van der Waals surface area contributed by atoms with E-state index < -0.39 is 49.8 Å². The minimum Gasteiger partial charge on any atom is -0.485 e. The van der Waals surface area contributed by atoms with Crippen LogP contribution in [0.3, 0.4) is 0 Å². The number of sulfonamides is 2. The highest BCUT2D eigenvalue weighted by molar-refractivity contribution is 7.92.